The van der Waals surface area contributed by atoms with Gasteiger partial charge in [-0.2, -0.15) is 0 Å². The molecule has 0 aromatic heterocycles. The van der Waals surface area contributed by atoms with Gasteiger partial charge in [0.1, 0.15) is 11.6 Å². The molecule has 0 unspecified atom stereocenters. The fourth-order valence-corrected chi connectivity index (χ4v) is 1.74. The maximum atomic E-state index is 11.6. The minimum Gasteiger partial charge on any atom is -0.444 e. The second-order valence-corrected chi connectivity index (χ2v) is 4.95. The van der Waals surface area contributed by atoms with Gasteiger partial charge < -0.3 is 10.1 Å². The summed E-state index contributed by atoms with van der Waals surface area (Å²) in [7, 11) is 1.43. The third-order valence-electron chi connectivity index (χ3n) is 2.46. The number of carbonyl (C=O) groups is 2. The zero-order chi connectivity index (χ0) is 13.2. The second-order valence-electron chi connectivity index (χ2n) is 4.95. The summed E-state index contributed by atoms with van der Waals surface area (Å²) in [6.07, 6.45) is 0.130. The van der Waals surface area contributed by atoms with E-state index in [9.17, 15) is 9.59 Å². The first-order valence-electron chi connectivity index (χ1n) is 5.67. The van der Waals surface area contributed by atoms with E-state index in [2.05, 4.69) is 5.32 Å². The zero-order valence-electron chi connectivity index (χ0n) is 10.9. The number of carbonyl (C=O) groups excluding carboxylic acids is 2. The summed E-state index contributed by atoms with van der Waals surface area (Å²) >= 11 is 0. The molecule has 1 fully saturated rings. The summed E-state index contributed by atoms with van der Waals surface area (Å²) < 4.78 is 5.09. The molecule has 2 atom stereocenters. The molecule has 0 aromatic rings. The molecule has 6 heteroatoms. The molecule has 1 aliphatic heterocycles. The molecular weight excluding hydrogens is 224 g/mol. The summed E-state index contributed by atoms with van der Waals surface area (Å²) in [5.74, 6) is -0.245. The van der Waals surface area contributed by atoms with Crippen molar-refractivity contribution in [2.75, 3.05) is 7.11 Å². The number of rotatable bonds is 3. The standard InChI is InChI=1S/C11H20N2O4/c1-6-7-8(9(14)13(7)16-5)12-10(15)17-11(2,3)4/h7-8H,6H2,1-5H3,(H,12,15)/t7-,8-/m0/s1. The molecule has 0 spiro atoms. The SMILES string of the molecule is CC[C@H]1[C@H](NC(=O)OC(C)(C)C)C(=O)N1OC. The molecule has 0 radical (unpaired) electrons. The maximum Gasteiger partial charge on any atom is 0.408 e. The van der Waals surface area contributed by atoms with E-state index in [1.165, 1.54) is 12.2 Å². The number of nitrogens with one attached hydrogen (secondary N) is 1. The van der Waals surface area contributed by atoms with Gasteiger partial charge in [-0.15, -0.1) is 0 Å². The van der Waals surface area contributed by atoms with Crippen molar-refractivity contribution in [3.05, 3.63) is 0 Å². The number of ether oxygens (including phenoxy) is 1. The van der Waals surface area contributed by atoms with E-state index in [1.807, 2.05) is 6.92 Å². The van der Waals surface area contributed by atoms with Crippen molar-refractivity contribution in [2.24, 2.45) is 0 Å². The minimum atomic E-state index is -0.579. The Kier molecular flexibility index (Phi) is 3.98. The van der Waals surface area contributed by atoms with E-state index in [1.54, 1.807) is 20.8 Å². The van der Waals surface area contributed by atoms with Gasteiger partial charge in [0.05, 0.1) is 13.2 Å². The lowest BCUT2D eigenvalue weighted by Crippen LogP contribution is -2.70. The van der Waals surface area contributed by atoms with Crippen molar-refractivity contribution in [1.29, 1.82) is 0 Å². The van der Waals surface area contributed by atoms with Crippen LogP contribution in [0, 0.1) is 0 Å². The summed E-state index contributed by atoms with van der Waals surface area (Å²) in [4.78, 5) is 28.0. The van der Waals surface area contributed by atoms with Crippen LogP contribution in [-0.2, 0) is 14.4 Å². The maximum absolute atomic E-state index is 11.6. The average Bonchev–Trinajstić information content (AvgIpc) is 2.19. The number of hydrogen-bond donors (Lipinski definition) is 1. The van der Waals surface area contributed by atoms with Gasteiger partial charge in [0, 0.05) is 0 Å². The molecule has 0 aromatic carbocycles. The van der Waals surface area contributed by atoms with E-state index in [0.29, 0.717) is 6.42 Å². The van der Waals surface area contributed by atoms with Crippen LogP contribution in [-0.4, -0.2) is 41.9 Å². The van der Waals surface area contributed by atoms with Crippen LogP contribution in [0.15, 0.2) is 0 Å². The van der Waals surface area contributed by atoms with Crippen molar-refractivity contribution in [3.8, 4) is 0 Å². The Morgan fingerprint density at radius 2 is 2.06 bits per heavy atom. The molecule has 6 nitrogen and oxygen atoms in total. The number of β-lactam (4-membered cyclic amide) rings is 1. The Morgan fingerprint density at radius 1 is 1.47 bits per heavy atom. The van der Waals surface area contributed by atoms with Gasteiger partial charge >= 0.3 is 6.09 Å². The first kappa shape index (κ1) is 13.8. The lowest BCUT2D eigenvalue weighted by atomic mass is 9.96. The largest absolute Gasteiger partial charge is 0.444 e. The molecule has 98 valence electrons. The number of alkyl carbamates (subject to hydrolysis) is 1. The summed E-state index contributed by atoms with van der Waals surface area (Å²) in [6.45, 7) is 7.24. The minimum absolute atomic E-state index is 0.125. The molecule has 1 rings (SSSR count). The summed E-state index contributed by atoms with van der Waals surface area (Å²) in [5, 5.41) is 3.82. The number of amides is 2. The first-order chi connectivity index (χ1) is 7.80. The highest BCUT2D eigenvalue weighted by atomic mass is 16.7. The smallest absolute Gasteiger partial charge is 0.408 e. The Bertz CT molecular complexity index is 311. The fraction of sp³-hybridized carbons (Fsp3) is 0.818. The van der Waals surface area contributed by atoms with Gasteiger partial charge in [0.15, 0.2) is 0 Å². The lowest BCUT2D eigenvalue weighted by molar-refractivity contribution is -0.223. The van der Waals surface area contributed by atoms with Crippen molar-refractivity contribution in [2.45, 2.75) is 51.8 Å². The van der Waals surface area contributed by atoms with Gasteiger partial charge in [-0.1, -0.05) is 6.92 Å². The summed E-state index contributed by atoms with van der Waals surface area (Å²) in [5.41, 5.74) is -0.570. The van der Waals surface area contributed by atoms with Crippen LogP contribution < -0.4 is 5.32 Å². The van der Waals surface area contributed by atoms with E-state index in [4.69, 9.17) is 9.57 Å². The third-order valence-corrected chi connectivity index (χ3v) is 2.46. The highest BCUT2D eigenvalue weighted by Crippen LogP contribution is 2.23. The summed E-state index contributed by atoms with van der Waals surface area (Å²) in [6, 6.07) is -0.671. The Hall–Kier alpha value is -1.30. The average molecular weight is 244 g/mol. The van der Waals surface area contributed by atoms with Crippen LogP contribution in [0.25, 0.3) is 0 Å². The van der Waals surface area contributed by atoms with Crippen LogP contribution in [0.4, 0.5) is 4.79 Å². The van der Waals surface area contributed by atoms with Crippen molar-refractivity contribution < 1.29 is 19.2 Å². The second kappa shape index (κ2) is 4.91. The molecule has 1 heterocycles. The molecule has 0 bridgehead atoms. The molecule has 0 aliphatic carbocycles. The molecule has 1 aliphatic rings. The quantitative estimate of drug-likeness (QED) is 0.754. The molecule has 1 N–H and O–H groups in total. The van der Waals surface area contributed by atoms with Gasteiger partial charge in [0.2, 0.25) is 0 Å². The van der Waals surface area contributed by atoms with Crippen molar-refractivity contribution in [3.63, 3.8) is 0 Å². The predicted octanol–water partition coefficient (Wildman–Crippen LogP) is 1.06. The highest BCUT2D eigenvalue weighted by molar-refractivity contribution is 5.91. The van der Waals surface area contributed by atoms with Crippen LogP contribution in [0.1, 0.15) is 34.1 Å². The van der Waals surface area contributed by atoms with Crippen LogP contribution in [0.2, 0.25) is 0 Å². The van der Waals surface area contributed by atoms with E-state index >= 15 is 0 Å². The molecular formula is C11H20N2O4. The zero-order valence-corrected chi connectivity index (χ0v) is 10.9. The van der Waals surface area contributed by atoms with Gasteiger partial charge in [-0.05, 0) is 27.2 Å². The van der Waals surface area contributed by atoms with E-state index in [0.717, 1.165) is 0 Å². The van der Waals surface area contributed by atoms with Crippen molar-refractivity contribution in [1.82, 2.24) is 10.4 Å². The van der Waals surface area contributed by atoms with Crippen molar-refractivity contribution >= 4 is 12.0 Å². The predicted molar refractivity (Wildman–Crippen MR) is 61.1 cm³/mol. The van der Waals surface area contributed by atoms with Crippen LogP contribution in [0.5, 0.6) is 0 Å². The Morgan fingerprint density at radius 3 is 2.47 bits per heavy atom. The van der Waals surface area contributed by atoms with E-state index in [-0.39, 0.29) is 11.9 Å². The van der Waals surface area contributed by atoms with Crippen LogP contribution in [0.3, 0.4) is 0 Å². The lowest BCUT2D eigenvalue weighted by Gasteiger charge is -2.44. The third kappa shape index (κ3) is 3.09. The highest BCUT2D eigenvalue weighted by Gasteiger charge is 2.48. The Balaban J connectivity index is 2.52. The monoisotopic (exact) mass is 244 g/mol. The molecule has 0 saturated carbocycles. The van der Waals surface area contributed by atoms with Gasteiger partial charge in [0.25, 0.3) is 5.91 Å². The molecule has 17 heavy (non-hydrogen) atoms. The fourth-order valence-electron chi connectivity index (χ4n) is 1.74. The number of hydroxylamine groups is 2. The van der Waals surface area contributed by atoms with Gasteiger partial charge in [-0.3, -0.25) is 9.63 Å². The topological polar surface area (TPSA) is 67.9 Å². The van der Waals surface area contributed by atoms with Crippen LogP contribution >= 0.6 is 0 Å². The first-order valence-corrected chi connectivity index (χ1v) is 5.67. The van der Waals surface area contributed by atoms with Gasteiger partial charge in [-0.25, -0.2) is 9.86 Å². The molecule has 2 amide bonds. The number of hydrogen-bond acceptors (Lipinski definition) is 4. The normalized spacial score (nSPS) is 24.3. The number of nitrogens with zero attached hydrogens (tertiary/aromatic N) is 1. The Labute approximate surface area is 101 Å². The van der Waals surface area contributed by atoms with E-state index < -0.39 is 17.7 Å². The molecule has 1 saturated heterocycles.